The number of benzene rings is 1. The van der Waals surface area contributed by atoms with Crippen molar-refractivity contribution in [1.29, 1.82) is 0 Å². The Bertz CT molecular complexity index is 466. The quantitative estimate of drug-likeness (QED) is 0.863. The number of phenols is 1. The molecule has 1 heterocycles. The van der Waals surface area contributed by atoms with Crippen LogP contribution in [-0.2, 0) is 12.8 Å². The molecule has 18 heavy (non-hydrogen) atoms. The van der Waals surface area contributed by atoms with Crippen molar-refractivity contribution in [2.45, 2.75) is 38.1 Å². The summed E-state index contributed by atoms with van der Waals surface area (Å²) in [7, 11) is 0. The minimum absolute atomic E-state index is 0.520. The summed E-state index contributed by atoms with van der Waals surface area (Å²) in [5, 5.41) is 9.98. The summed E-state index contributed by atoms with van der Waals surface area (Å²) < 4.78 is 0. The molecule has 0 radical (unpaired) electrons. The van der Waals surface area contributed by atoms with Crippen LogP contribution in [0.1, 0.15) is 30.4 Å². The van der Waals surface area contributed by atoms with E-state index in [9.17, 15) is 5.11 Å². The maximum absolute atomic E-state index is 9.98. The number of hydrogen-bond acceptors (Lipinski definition) is 2. The molecular formula is C16H21NO. The van der Waals surface area contributed by atoms with E-state index >= 15 is 0 Å². The molecule has 2 aliphatic carbocycles. The standard InChI is InChI=1S/C16H21NO/c18-16-3-1-2-12-9-15-13(8-14(12)16)6-7-17(15)10-11-4-5-11/h1-3,11,13,15,18H,4-10H2/t13-,15-/m0/s1. The molecule has 2 fully saturated rings. The second kappa shape index (κ2) is 3.99. The molecule has 0 amide bonds. The molecule has 2 atom stereocenters. The monoisotopic (exact) mass is 243 g/mol. The van der Waals surface area contributed by atoms with Gasteiger partial charge in [0.25, 0.3) is 0 Å². The van der Waals surface area contributed by atoms with E-state index in [2.05, 4.69) is 11.0 Å². The third-order valence-corrected chi connectivity index (χ3v) is 5.13. The van der Waals surface area contributed by atoms with Crippen molar-refractivity contribution in [2.75, 3.05) is 13.1 Å². The number of fused-ring (bicyclic) bond motifs is 2. The lowest BCUT2D eigenvalue weighted by atomic mass is 9.80. The van der Waals surface area contributed by atoms with Gasteiger partial charge in [-0.05, 0) is 67.7 Å². The molecule has 4 rings (SSSR count). The first-order chi connectivity index (χ1) is 8.81. The van der Waals surface area contributed by atoms with Gasteiger partial charge >= 0.3 is 0 Å². The van der Waals surface area contributed by atoms with E-state index in [1.54, 1.807) is 0 Å². The molecule has 0 bridgehead atoms. The van der Waals surface area contributed by atoms with Crippen LogP contribution >= 0.6 is 0 Å². The van der Waals surface area contributed by atoms with E-state index in [0.29, 0.717) is 5.75 Å². The van der Waals surface area contributed by atoms with Crippen molar-refractivity contribution in [2.24, 2.45) is 11.8 Å². The Morgan fingerprint density at radius 1 is 1.17 bits per heavy atom. The second-order valence-electron chi connectivity index (χ2n) is 6.38. The number of phenolic OH excluding ortho intramolecular Hbond substituents is 1. The minimum Gasteiger partial charge on any atom is -0.508 e. The molecular weight excluding hydrogens is 222 g/mol. The lowest BCUT2D eigenvalue weighted by Crippen LogP contribution is -2.39. The van der Waals surface area contributed by atoms with Crippen molar-refractivity contribution in [3.63, 3.8) is 0 Å². The van der Waals surface area contributed by atoms with Gasteiger partial charge in [0.15, 0.2) is 0 Å². The summed E-state index contributed by atoms with van der Waals surface area (Å²) in [4.78, 5) is 2.73. The average Bonchev–Trinajstić information content (AvgIpc) is 3.10. The lowest BCUT2D eigenvalue weighted by molar-refractivity contribution is 0.207. The third-order valence-electron chi connectivity index (χ3n) is 5.13. The van der Waals surface area contributed by atoms with Crippen molar-refractivity contribution >= 4 is 0 Å². The molecule has 0 unspecified atom stereocenters. The van der Waals surface area contributed by atoms with E-state index < -0.39 is 0 Å². The van der Waals surface area contributed by atoms with Crippen LogP contribution < -0.4 is 0 Å². The van der Waals surface area contributed by atoms with Crippen LogP contribution in [0.4, 0.5) is 0 Å². The number of rotatable bonds is 2. The predicted molar refractivity (Wildman–Crippen MR) is 71.7 cm³/mol. The molecule has 2 heteroatoms. The summed E-state index contributed by atoms with van der Waals surface area (Å²) in [6.45, 7) is 2.61. The molecule has 3 aliphatic rings. The Morgan fingerprint density at radius 3 is 2.89 bits per heavy atom. The van der Waals surface area contributed by atoms with Crippen LogP contribution in [0.2, 0.25) is 0 Å². The van der Waals surface area contributed by atoms with Crippen LogP contribution in [0.15, 0.2) is 18.2 Å². The molecule has 2 nitrogen and oxygen atoms in total. The van der Waals surface area contributed by atoms with E-state index in [4.69, 9.17) is 0 Å². The lowest BCUT2D eigenvalue weighted by Gasteiger charge is -2.33. The van der Waals surface area contributed by atoms with Crippen LogP contribution in [0.25, 0.3) is 0 Å². The fourth-order valence-electron chi connectivity index (χ4n) is 3.92. The first-order valence-corrected chi connectivity index (χ1v) is 7.35. The highest BCUT2D eigenvalue weighted by Gasteiger charge is 2.40. The van der Waals surface area contributed by atoms with Gasteiger partial charge in [0.05, 0.1) is 0 Å². The minimum atomic E-state index is 0.520. The van der Waals surface area contributed by atoms with E-state index in [1.165, 1.54) is 43.5 Å². The Hall–Kier alpha value is -1.02. The van der Waals surface area contributed by atoms with Gasteiger partial charge in [-0.25, -0.2) is 0 Å². The van der Waals surface area contributed by atoms with Gasteiger partial charge in [-0.2, -0.15) is 0 Å². The van der Waals surface area contributed by atoms with Crippen molar-refractivity contribution in [3.05, 3.63) is 29.3 Å². The fraction of sp³-hybridized carbons (Fsp3) is 0.625. The van der Waals surface area contributed by atoms with Crippen molar-refractivity contribution in [3.8, 4) is 5.75 Å². The van der Waals surface area contributed by atoms with Crippen LogP contribution in [0, 0.1) is 11.8 Å². The first-order valence-electron chi connectivity index (χ1n) is 7.35. The van der Waals surface area contributed by atoms with Crippen molar-refractivity contribution in [1.82, 2.24) is 4.90 Å². The van der Waals surface area contributed by atoms with Crippen LogP contribution in [0.3, 0.4) is 0 Å². The Balaban J connectivity index is 1.59. The number of aromatic hydroxyl groups is 1. The Morgan fingerprint density at radius 2 is 2.06 bits per heavy atom. The van der Waals surface area contributed by atoms with Gasteiger partial charge in [-0.15, -0.1) is 0 Å². The molecule has 1 aliphatic heterocycles. The Labute approximate surface area is 109 Å². The topological polar surface area (TPSA) is 23.5 Å². The zero-order chi connectivity index (χ0) is 12.1. The smallest absolute Gasteiger partial charge is 0.119 e. The van der Waals surface area contributed by atoms with E-state index in [0.717, 1.165) is 30.7 Å². The summed E-state index contributed by atoms with van der Waals surface area (Å²) in [6.07, 6.45) is 6.47. The average molecular weight is 243 g/mol. The van der Waals surface area contributed by atoms with Crippen molar-refractivity contribution < 1.29 is 5.11 Å². The fourth-order valence-corrected chi connectivity index (χ4v) is 3.92. The van der Waals surface area contributed by atoms with Gasteiger partial charge in [-0.1, -0.05) is 12.1 Å². The van der Waals surface area contributed by atoms with Crippen LogP contribution in [0.5, 0.6) is 5.75 Å². The van der Waals surface area contributed by atoms with Gasteiger partial charge in [-0.3, -0.25) is 4.90 Å². The number of hydrogen-bond donors (Lipinski definition) is 1. The first kappa shape index (κ1) is 10.9. The second-order valence-corrected chi connectivity index (χ2v) is 6.38. The molecule has 0 spiro atoms. The highest BCUT2D eigenvalue weighted by atomic mass is 16.3. The predicted octanol–water partition coefficient (Wildman–Crippen LogP) is 2.59. The van der Waals surface area contributed by atoms with Gasteiger partial charge in [0, 0.05) is 12.6 Å². The molecule has 1 aromatic carbocycles. The molecule has 1 saturated carbocycles. The highest BCUT2D eigenvalue weighted by molar-refractivity contribution is 5.42. The van der Waals surface area contributed by atoms with Gasteiger partial charge in [0.1, 0.15) is 5.75 Å². The van der Waals surface area contributed by atoms with E-state index in [1.807, 2.05) is 12.1 Å². The summed E-state index contributed by atoms with van der Waals surface area (Å²) >= 11 is 0. The molecule has 96 valence electrons. The normalized spacial score (nSPS) is 31.1. The zero-order valence-corrected chi connectivity index (χ0v) is 10.8. The summed E-state index contributed by atoms with van der Waals surface area (Å²) in [6, 6.07) is 6.80. The summed E-state index contributed by atoms with van der Waals surface area (Å²) in [5.74, 6) is 2.30. The maximum atomic E-state index is 9.98. The van der Waals surface area contributed by atoms with E-state index in [-0.39, 0.29) is 0 Å². The molecule has 1 saturated heterocycles. The number of nitrogens with zero attached hydrogens (tertiary/aromatic N) is 1. The molecule has 1 N–H and O–H groups in total. The zero-order valence-electron chi connectivity index (χ0n) is 10.8. The SMILES string of the molecule is Oc1cccc2c1C[C@@H]1CCN(CC3CC3)[C@H]1C2. The van der Waals surface area contributed by atoms with Gasteiger partial charge < -0.3 is 5.11 Å². The maximum Gasteiger partial charge on any atom is 0.119 e. The van der Waals surface area contributed by atoms with Gasteiger partial charge in [0.2, 0.25) is 0 Å². The largest absolute Gasteiger partial charge is 0.508 e. The Kier molecular flexibility index (Phi) is 2.41. The van der Waals surface area contributed by atoms with Crippen LogP contribution in [-0.4, -0.2) is 29.1 Å². The summed E-state index contributed by atoms with van der Waals surface area (Å²) in [5.41, 5.74) is 2.62. The third kappa shape index (κ3) is 1.74. The molecule has 1 aromatic rings. The number of likely N-dealkylation sites (tertiary alicyclic amines) is 1. The highest BCUT2D eigenvalue weighted by Crippen LogP contribution is 2.41. The molecule has 0 aromatic heterocycles.